The molecule has 2 rings (SSSR count). The predicted octanol–water partition coefficient (Wildman–Crippen LogP) is -0.0681. The van der Waals surface area contributed by atoms with E-state index in [9.17, 15) is 19.5 Å². The molecule has 0 radical (unpaired) electrons. The fraction of sp³-hybridized carbons (Fsp3) is 0.100. The molecule has 0 saturated carbocycles. The van der Waals surface area contributed by atoms with Gasteiger partial charge in [-0.15, -0.1) is 0 Å². The first kappa shape index (κ1) is 10.9. The van der Waals surface area contributed by atoms with E-state index in [-0.39, 0.29) is 21.2 Å². The second kappa shape index (κ2) is 3.48. The number of nitrogens with zero attached hydrogens (tertiary/aromatic N) is 2. The maximum atomic E-state index is 11.8. The number of phenols is 1. The maximum absolute atomic E-state index is 11.8. The number of fused-ring (bicyclic) bond motifs is 1. The van der Waals surface area contributed by atoms with E-state index in [4.69, 9.17) is 5.11 Å². The zero-order valence-electron chi connectivity index (χ0n) is 8.75. The quantitative estimate of drug-likeness (QED) is 0.666. The Kier molecular flexibility index (Phi) is 2.24. The van der Waals surface area contributed by atoms with Gasteiger partial charge in [0.25, 0.3) is 5.56 Å². The summed E-state index contributed by atoms with van der Waals surface area (Å²) in [6.07, 6.45) is -1.65. The summed E-state index contributed by atoms with van der Waals surface area (Å²) in [5.74, 6) is -0.253. The van der Waals surface area contributed by atoms with Gasteiger partial charge < -0.3 is 10.2 Å². The molecule has 7 heteroatoms. The summed E-state index contributed by atoms with van der Waals surface area (Å²) in [5, 5.41) is 18.3. The van der Waals surface area contributed by atoms with Crippen molar-refractivity contribution in [2.45, 2.75) is 0 Å². The van der Waals surface area contributed by atoms with Gasteiger partial charge in [0, 0.05) is 7.05 Å². The van der Waals surface area contributed by atoms with Crippen LogP contribution in [0.25, 0.3) is 10.9 Å². The van der Waals surface area contributed by atoms with Crippen LogP contribution in [0, 0.1) is 0 Å². The van der Waals surface area contributed by atoms with Crippen LogP contribution in [0.2, 0.25) is 0 Å². The molecule has 17 heavy (non-hydrogen) atoms. The van der Waals surface area contributed by atoms with Crippen LogP contribution in [0.3, 0.4) is 0 Å². The molecule has 0 atom stereocenters. The minimum atomic E-state index is -1.65. The lowest BCUT2D eigenvalue weighted by atomic mass is 10.2. The van der Waals surface area contributed by atoms with E-state index >= 15 is 0 Å². The van der Waals surface area contributed by atoms with Crippen LogP contribution in [0.4, 0.5) is 4.79 Å². The molecule has 0 aliphatic heterocycles. The van der Waals surface area contributed by atoms with Crippen molar-refractivity contribution in [2.24, 2.45) is 7.05 Å². The molecule has 0 aliphatic carbocycles. The Bertz CT molecular complexity index is 741. The Morgan fingerprint density at radius 3 is 2.53 bits per heavy atom. The number of para-hydroxylation sites is 1. The summed E-state index contributed by atoms with van der Waals surface area (Å²) in [7, 11) is 1.28. The summed E-state index contributed by atoms with van der Waals surface area (Å²) in [5.41, 5.74) is -1.97. The minimum Gasteiger partial charge on any atom is -0.506 e. The first-order chi connectivity index (χ1) is 7.95. The molecule has 0 saturated heterocycles. The monoisotopic (exact) mass is 236 g/mol. The molecule has 2 N–H and O–H groups in total. The van der Waals surface area contributed by atoms with Gasteiger partial charge in [0.15, 0.2) is 0 Å². The maximum Gasteiger partial charge on any atom is 0.422 e. The van der Waals surface area contributed by atoms with E-state index < -0.39 is 17.3 Å². The number of rotatable bonds is 0. The van der Waals surface area contributed by atoms with Gasteiger partial charge in [-0.1, -0.05) is 6.07 Å². The van der Waals surface area contributed by atoms with Gasteiger partial charge in [-0.25, -0.2) is 9.59 Å². The second-order valence-electron chi connectivity index (χ2n) is 3.44. The van der Waals surface area contributed by atoms with Gasteiger partial charge in [-0.2, -0.15) is 4.57 Å². The molecule has 0 bridgehead atoms. The van der Waals surface area contributed by atoms with Crippen LogP contribution in [0.15, 0.2) is 27.8 Å². The molecule has 0 amide bonds. The summed E-state index contributed by atoms with van der Waals surface area (Å²) in [6, 6.07) is 4.05. The van der Waals surface area contributed by atoms with Crippen molar-refractivity contribution in [3.63, 3.8) is 0 Å². The van der Waals surface area contributed by atoms with Crippen LogP contribution in [-0.4, -0.2) is 25.4 Å². The number of aryl methyl sites for hydroxylation is 1. The van der Waals surface area contributed by atoms with Crippen LogP contribution in [-0.2, 0) is 7.05 Å². The lowest BCUT2D eigenvalue weighted by Crippen LogP contribution is -2.42. The molecule has 1 aromatic heterocycles. The molecule has 1 aromatic carbocycles. The topological polar surface area (TPSA) is 102 Å². The summed E-state index contributed by atoms with van der Waals surface area (Å²) >= 11 is 0. The number of carbonyl (C=O) groups is 1. The molecule has 88 valence electrons. The van der Waals surface area contributed by atoms with Crippen molar-refractivity contribution in [1.82, 2.24) is 9.13 Å². The van der Waals surface area contributed by atoms with E-state index in [1.165, 1.54) is 25.2 Å². The molecule has 7 nitrogen and oxygen atoms in total. The van der Waals surface area contributed by atoms with Crippen molar-refractivity contribution in [1.29, 1.82) is 0 Å². The second-order valence-corrected chi connectivity index (χ2v) is 3.44. The van der Waals surface area contributed by atoms with Crippen molar-refractivity contribution < 1.29 is 15.0 Å². The van der Waals surface area contributed by atoms with Crippen LogP contribution in [0.5, 0.6) is 5.75 Å². The number of hydrogen-bond acceptors (Lipinski definition) is 4. The number of carboxylic acid groups (broad SMARTS) is 1. The Hall–Kier alpha value is -2.57. The third-order valence-corrected chi connectivity index (χ3v) is 2.45. The summed E-state index contributed by atoms with van der Waals surface area (Å²) in [6.45, 7) is 0. The SMILES string of the molecule is Cn1c(=O)n(C(=O)O)c(=O)c2cccc(O)c21. The molecular weight excluding hydrogens is 228 g/mol. The smallest absolute Gasteiger partial charge is 0.422 e. The van der Waals surface area contributed by atoms with Gasteiger partial charge in [-0.3, -0.25) is 9.36 Å². The number of phenolic OH excluding ortho intramolecular Hbond substituents is 1. The minimum absolute atomic E-state index is 0.0139. The normalized spacial score (nSPS) is 10.6. The van der Waals surface area contributed by atoms with Gasteiger partial charge in [-0.05, 0) is 12.1 Å². The van der Waals surface area contributed by atoms with Crippen LogP contribution >= 0.6 is 0 Å². The van der Waals surface area contributed by atoms with Crippen molar-refractivity contribution in [3.8, 4) is 5.75 Å². The van der Waals surface area contributed by atoms with E-state index in [0.29, 0.717) is 0 Å². The number of aromatic hydroxyl groups is 1. The predicted molar refractivity (Wildman–Crippen MR) is 58.5 cm³/mol. The Morgan fingerprint density at radius 2 is 1.94 bits per heavy atom. The molecule has 0 aliphatic rings. The highest BCUT2D eigenvalue weighted by Crippen LogP contribution is 2.19. The molecule has 0 spiro atoms. The summed E-state index contributed by atoms with van der Waals surface area (Å²) < 4.78 is 1.02. The highest BCUT2D eigenvalue weighted by Gasteiger charge is 2.17. The number of aromatic nitrogens is 2. The van der Waals surface area contributed by atoms with Crippen LogP contribution in [0.1, 0.15) is 0 Å². The van der Waals surface area contributed by atoms with E-state index in [0.717, 1.165) is 4.57 Å². The highest BCUT2D eigenvalue weighted by atomic mass is 16.4. The van der Waals surface area contributed by atoms with E-state index in [2.05, 4.69) is 0 Å². The largest absolute Gasteiger partial charge is 0.506 e. The first-order valence-electron chi connectivity index (χ1n) is 4.62. The average Bonchev–Trinajstić information content (AvgIpc) is 2.25. The van der Waals surface area contributed by atoms with Gasteiger partial charge in [0.05, 0.1) is 10.9 Å². The molecule has 0 unspecified atom stereocenters. The zero-order valence-corrected chi connectivity index (χ0v) is 8.75. The van der Waals surface area contributed by atoms with Crippen molar-refractivity contribution >= 4 is 17.0 Å². The lowest BCUT2D eigenvalue weighted by Gasteiger charge is -2.08. The lowest BCUT2D eigenvalue weighted by molar-refractivity contribution is 0.193. The van der Waals surface area contributed by atoms with Crippen LogP contribution < -0.4 is 11.2 Å². The highest BCUT2D eigenvalue weighted by molar-refractivity contribution is 5.85. The fourth-order valence-corrected chi connectivity index (χ4v) is 1.68. The molecular formula is C10H8N2O5. The third kappa shape index (κ3) is 1.40. The first-order valence-corrected chi connectivity index (χ1v) is 4.62. The number of hydrogen-bond donors (Lipinski definition) is 2. The van der Waals surface area contributed by atoms with Gasteiger partial charge in [0.1, 0.15) is 5.75 Å². The third-order valence-electron chi connectivity index (χ3n) is 2.45. The van der Waals surface area contributed by atoms with E-state index in [1.807, 2.05) is 0 Å². The molecule has 2 aromatic rings. The van der Waals surface area contributed by atoms with Crippen molar-refractivity contribution in [2.75, 3.05) is 0 Å². The molecule has 1 heterocycles. The summed E-state index contributed by atoms with van der Waals surface area (Å²) in [4.78, 5) is 34.2. The Balaban J connectivity index is 3.18. The fourth-order valence-electron chi connectivity index (χ4n) is 1.68. The van der Waals surface area contributed by atoms with Gasteiger partial charge >= 0.3 is 11.8 Å². The number of benzene rings is 1. The van der Waals surface area contributed by atoms with Gasteiger partial charge in [0.2, 0.25) is 0 Å². The van der Waals surface area contributed by atoms with Crippen molar-refractivity contribution in [3.05, 3.63) is 39.0 Å². The van der Waals surface area contributed by atoms with E-state index in [1.54, 1.807) is 0 Å². The Morgan fingerprint density at radius 1 is 1.29 bits per heavy atom. The Labute approximate surface area is 93.8 Å². The zero-order chi connectivity index (χ0) is 12.7. The average molecular weight is 236 g/mol. The standard InChI is InChI=1S/C10H8N2O5/c1-11-7-5(3-2-4-6(7)13)8(14)12(9(11)15)10(16)17/h2-4,13H,1H3,(H,16,17). The molecule has 0 fully saturated rings.